The van der Waals surface area contributed by atoms with E-state index in [1.807, 2.05) is 11.8 Å². The molecule has 0 bridgehead atoms. The van der Waals surface area contributed by atoms with Gasteiger partial charge in [0.2, 0.25) is 10.0 Å². The van der Waals surface area contributed by atoms with Crippen molar-refractivity contribution in [1.82, 2.24) is 10.6 Å². The molecule has 3 unspecified atom stereocenters. The molecule has 1 saturated carbocycles. The Balaban J connectivity index is 1.43. The van der Waals surface area contributed by atoms with E-state index in [0.717, 1.165) is 32.5 Å². The van der Waals surface area contributed by atoms with Crippen molar-refractivity contribution in [2.75, 3.05) is 25.4 Å². The van der Waals surface area contributed by atoms with Gasteiger partial charge in [-0.2, -0.15) is 11.8 Å². The standard InChI is InChI=1S/C15H29N3O3S2/c16-23(19,20)13-5-3-11(4-6-13)14-8-17-9-15(18-14)21-10-12-2-1-7-22-12/h11-15,17-18H,1-10H2,(H2,16,19,20). The Morgan fingerprint density at radius 2 is 1.91 bits per heavy atom. The molecule has 0 aromatic heterocycles. The molecular formula is C15H29N3O3S2. The maximum atomic E-state index is 11.5. The van der Waals surface area contributed by atoms with Gasteiger partial charge in [-0.1, -0.05) is 0 Å². The number of rotatable bonds is 5. The predicted molar refractivity (Wildman–Crippen MR) is 93.9 cm³/mol. The first-order chi connectivity index (χ1) is 11.0. The van der Waals surface area contributed by atoms with Gasteiger partial charge in [0.1, 0.15) is 6.23 Å². The van der Waals surface area contributed by atoms with E-state index in [0.29, 0.717) is 30.1 Å². The largest absolute Gasteiger partial charge is 0.361 e. The second-order valence-electron chi connectivity index (χ2n) is 7.01. The molecule has 0 aromatic carbocycles. The van der Waals surface area contributed by atoms with Crippen LogP contribution in [-0.4, -0.2) is 56.6 Å². The minimum Gasteiger partial charge on any atom is -0.361 e. The monoisotopic (exact) mass is 363 g/mol. The highest BCUT2D eigenvalue weighted by Gasteiger charge is 2.34. The van der Waals surface area contributed by atoms with Gasteiger partial charge in [-0.3, -0.25) is 5.32 Å². The van der Waals surface area contributed by atoms with Crippen molar-refractivity contribution in [2.45, 2.75) is 61.3 Å². The third-order valence-corrected chi connectivity index (χ3v) is 8.12. The van der Waals surface area contributed by atoms with Crippen LogP contribution in [0, 0.1) is 5.92 Å². The smallest absolute Gasteiger partial charge is 0.211 e. The summed E-state index contributed by atoms with van der Waals surface area (Å²) in [6, 6.07) is 0.367. The maximum Gasteiger partial charge on any atom is 0.211 e. The van der Waals surface area contributed by atoms with E-state index in [4.69, 9.17) is 9.88 Å². The summed E-state index contributed by atoms with van der Waals surface area (Å²) < 4.78 is 29.0. The molecule has 2 heterocycles. The van der Waals surface area contributed by atoms with Gasteiger partial charge >= 0.3 is 0 Å². The summed E-state index contributed by atoms with van der Waals surface area (Å²) in [7, 11) is -3.37. The second kappa shape index (κ2) is 8.01. The number of piperazine rings is 1. The van der Waals surface area contributed by atoms with E-state index >= 15 is 0 Å². The number of nitrogens with two attached hydrogens (primary N) is 1. The molecule has 3 aliphatic rings. The number of thioether (sulfide) groups is 1. The lowest BCUT2D eigenvalue weighted by atomic mass is 9.83. The van der Waals surface area contributed by atoms with Gasteiger partial charge in [0.25, 0.3) is 0 Å². The topological polar surface area (TPSA) is 93.5 Å². The van der Waals surface area contributed by atoms with Crippen LogP contribution in [-0.2, 0) is 14.8 Å². The van der Waals surface area contributed by atoms with E-state index in [9.17, 15) is 8.42 Å². The number of sulfonamides is 1. The first kappa shape index (κ1) is 17.9. The van der Waals surface area contributed by atoms with Crippen LogP contribution in [0.25, 0.3) is 0 Å². The average Bonchev–Trinajstić information content (AvgIpc) is 3.06. The Morgan fingerprint density at radius 1 is 1.13 bits per heavy atom. The third-order valence-electron chi connectivity index (χ3n) is 5.35. The SMILES string of the molecule is NS(=O)(=O)C1CCC(C2CNCC(OCC3CCCS3)N2)CC1. The molecule has 3 rings (SSSR count). The van der Waals surface area contributed by atoms with Gasteiger partial charge in [-0.15, -0.1) is 0 Å². The fourth-order valence-electron chi connectivity index (χ4n) is 3.96. The Morgan fingerprint density at radius 3 is 2.57 bits per heavy atom. The highest BCUT2D eigenvalue weighted by atomic mass is 32.2. The number of ether oxygens (including phenoxy) is 1. The molecule has 1 aliphatic carbocycles. The first-order valence-electron chi connectivity index (χ1n) is 8.74. The van der Waals surface area contributed by atoms with Crippen molar-refractivity contribution in [3.63, 3.8) is 0 Å². The van der Waals surface area contributed by atoms with Crippen molar-refractivity contribution >= 4 is 21.8 Å². The molecule has 4 N–H and O–H groups in total. The van der Waals surface area contributed by atoms with E-state index in [-0.39, 0.29) is 11.5 Å². The quantitative estimate of drug-likeness (QED) is 0.663. The fourth-order valence-corrected chi connectivity index (χ4v) is 6.06. The number of nitrogens with one attached hydrogen (secondary N) is 2. The summed E-state index contributed by atoms with van der Waals surface area (Å²) in [6.45, 7) is 2.61. The zero-order valence-corrected chi connectivity index (χ0v) is 15.2. The molecule has 0 aromatic rings. The summed E-state index contributed by atoms with van der Waals surface area (Å²) >= 11 is 2.02. The molecule has 6 nitrogen and oxygen atoms in total. The average molecular weight is 364 g/mol. The molecule has 2 aliphatic heterocycles. The highest BCUT2D eigenvalue weighted by molar-refractivity contribution is 8.00. The highest BCUT2D eigenvalue weighted by Crippen LogP contribution is 2.31. The molecule has 3 atom stereocenters. The van der Waals surface area contributed by atoms with Crippen molar-refractivity contribution in [1.29, 1.82) is 0 Å². The molecule has 8 heteroatoms. The second-order valence-corrected chi connectivity index (χ2v) is 10.3. The Hall–Kier alpha value is 0.140. The Labute approximate surface area is 143 Å². The summed E-state index contributed by atoms with van der Waals surface area (Å²) in [5.41, 5.74) is 0. The van der Waals surface area contributed by atoms with Gasteiger partial charge in [0.05, 0.1) is 11.9 Å². The zero-order chi connectivity index (χ0) is 16.3. The number of hydrogen-bond donors (Lipinski definition) is 3. The predicted octanol–water partition coefficient (Wildman–Crippen LogP) is 0.633. The molecule has 0 spiro atoms. The van der Waals surface area contributed by atoms with Crippen molar-refractivity contribution < 1.29 is 13.2 Å². The molecule has 0 amide bonds. The molecule has 134 valence electrons. The normalized spacial score (nSPS) is 39.4. The van der Waals surface area contributed by atoms with Crippen LogP contribution in [0.5, 0.6) is 0 Å². The van der Waals surface area contributed by atoms with E-state index < -0.39 is 10.0 Å². The Bertz CT molecular complexity index is 474. The van der Waals surface area contributed by atoms with Crippen molar-refractivity contribution in [2.24, 2.45) is 11.1 Å². The number of primary sulfonamides is 1. The summed E-state index contributed by atoms with van der Waals surface area (Å²) in [5.74, 6) is 1.77. The fraction of sp³-hybridized carbons (Fsp3) is 1.00. The summed E-state index contributed by atoms with van der Waals surface area (Å²) in [6.07, 6.45) is 5.87. The van der Waals surface area contributed by atoms with Crippen LogP contribution in [0.15, 0.2) is 0 Å². The van der Waals surface area contributed by atoms with E-state index in [1.165, 1.54) is 18.6 Å². The van der Waals surface area contributed by atoms with Gasteiger partial charge < -0.3 is 10.1 Å². The van der Waals surface area contributed by atoms with Gasteiger partial charge in [-0.25, -0.2) is 13.6 Å². The lowest BCUT2D eigenvalue weighted by Crippen LogP contribution is -2.59. The lowest BCUT2D eigenvalue weighted by molar-refractivity contribution is -0.000193. The van der Waals surface area contributed by atoms with Crippen LogP contribution >= 0.6 is 11.8 Å². The number of hydrogen-bond acceptors (Lipinski definition) is 6. The minimum absolute atomic E-state index is 0.0749. The van der Waals surface area contributed by atoms with Crippen molar-refractivity contribution in [3.05, 3.63) is 0 Å². The third kappa shape index (κ3) is 5.06. The van der Waals surface area contributed by atoms with Crippen LogP contribution in [0.4, 0.5) is 0 Å². The molecule has 0 radical (unpaired) electrons. The maximum absolute atomic E-state index is 11.5. The zero-order valence-electron chi connectivity index (χ0n) is 13.6. The van der Waals surface area contributed by atoms with Crippen LogP contribution in [0.2, 0.25) is 0 Å². The first-order valence-corrected chi connectivity index (χ1v) is 11.4. The Kier molecular flexibility index (Phi) is 6.25. The summed E-state index contributed by atoms with van der Waals surface area (Å²) in [4.78, 5) is 0. The van der Waals surface area contributed by atoms with Gasteiger partial charge in [-0.05, 0) is 50.2 Å². The van der Waals surface area contributed by atoms with Crippen molar-refractivity contribution in [3.8, 4) is 0 Å². The minimum atomic E-state index is -3.37. The van der Waals surface area contributed by atoms with Gasteiger partial charge in [0.15, 0.2) is 0 Å². The van der Waals surface area contributed by atoms with Gasteiger partial charge in [0, 0.05) is 24.4 Å². The van der Waals surface area contributed by atoms with E-state index in [1.54, 1.807) is 0 Å². The van der Waals surface area contributed by atoms with E-state index in [2.05, 4.69) is 10.6 Å². The van der Waals surface area contributed by atoms with Crippen LogP contribution < -0.4 is 15.8 Å². The lowest BCUT2D eigenvalue weighted by Gasteiger charge is -2.39. The molecule has 3 fully saturated rings. The molecule has 23 heavy (non-hydrogen) atoms. The van der Waals surface area contributed by atoms with Crippen LogP contribution in [0.3, 0.4) is 0 Å². The van der Waals surface area contributed by atoms with Crippen LogP contribution in [0.1, 0.15) is 38.5 Å². The summed E-state index contributed by atoms with van der Waals surface area (Å²) in [5, 5.41) is 12.7. The molecular weight excluding hydrogens is 334 g/mol. The molecule has 2 saturated heterocycles.